The van der Waals surface area contributed by atoms with E-state index in [2.05, 4.69) is 11.1 Å². The van der Waals surface area contributed by atoms with Crippen LogP contribution in [0, 0.1) is 23.7 Å². The molecule has 0 saturated heterocycles. The lowest BCUT2D eigenvalue weighted by Crippen LogP contribution is -2.43. The van der Waals surface area contributed by atoms with Gasteiger partial charge in [0.2, 0.25) is 0 Å². The molecule has 4 aliphatic carbocycles. The van der Waals surface area contributed by atoms with E-state index < -0.39 is 0 Å². The van der Waals surface area contributed by atoms with Gasteiger partial charge >= 0.3 is 0 Å². The Morgan fingerprint density at radius 3 is 2.24 bits per heavy atom. The third kappa shape index (κ3) is 1.42. The van der Waals surface area contributed by atoms with Gasteiger partial charge in [0.25, 0.3) is 0 Å². The molecular weight excluding hydrogens is 208 g/mol. The predicted molar refractivity (Wildman–Crippen MR) is 68.4 cm³/mol. The molecule has 4 saturated carbocycles. The van der Waals surface area contributed by atoms with Gasteiger partial charge in [0.1, 0.15) is 0 Å². The number of pyridine rings is 1. The summed E-state index contributed by atoms with van der Waals surface area (Å²) in [6.45, 7) is 0. The van der Waals surface area contributed by atoms with Crippen LogP contribution in [0.15, 0.2) is 18.5 Å². The molecule has 4 aliphatic rings. The second-order valence-electron chi connectivity index (χ2n) is 6.46. The summed E-state index contributed by atoms with van der Waals surface area (Å²) in [5, 5.41) is 0. The number of nitrogens with zero attached hydrogens (tertiary/aromatic N) is 1. The van der Waals surface area contributed by atoms with Gasteiger partial charge in [-0.3, -0.25) is 4.98 Å². The van der Waals surface area contributed by atoms with E-state index in [1.54, 1.807) is 0 Å². The largest absolute Gasteiger partial charge is 0.397 e. The number of hydrogen-bond acceptors (Lipinski definition) is 2. The van der Waals surface area contributed by atoms with Crippen LogP contribution in [0.5, 0.6) is 0 Å². The summed E-state index contributed by atoms with van der Waals surface area (Å²) in [6.07, 6.45) is 11.1. The van der Waals surface area contributed by atoms with Gasteiger partial charge in [0, 0.05) is 6.20 Å². The standard InChI is InChI=1S/C15H20N2/c16-14-8-17-2-1-13(14)15-11-4-9-3-10(6-11)7-12(15)5-9/h1-2,8-12,15H,3-7,16H2. The Bertz CT molecular complexity index is 412. The lowest BCUT2D eigenvalue weighted by atomic mass is 9.50. The molecule has 2 nitrogen and oxygen atoms in total. The number of nitrogens with two attached hydrogens (primary N) is 1. The van der Waals surface area contributed by atoms with E-state index >= 15 is 0 Å². The van der Waals surface area contributed by atoms with Crippen LogP contribution >= 0.6 is 0 Å². The van der Waals surface area contributed by atoms with E-state index in [4.69, 9.17) is 5.73 Å². The quantitative estimate of drug-likeness (QED) is 0.801. The van der Waals surface area contributed by atoms with Gasteiger partial charge in [-0.25, -0.2) is 0 Å². The highest BCUT2D eigenvalue weighted by Crippen LogP contribution is 2.60. The Morgan fingerprint density at radius 2 is 1.65 bits per heavy atom. The summed E-state index contributed by atoms with van der Waals surface area (Å²) in [6, 6.07) is 2.17. The number of anilines is 1. The summed E-state index contributed by atoms with van der Waals surface area (Å²) in [5.74, 6) is 4.64. The molecule has 0 spiro atoms. The lowest BCUT2D eigenvalue weighted by molar-refractivity contribution is -0.00256. The van der Waals surface area contributed by atoms with Gasteiger partial charge in [-0.15, -0.1) is 0 Å². The minimum atomic E-state index is 0.741. The molecular formula is C15H20N2. The Kier molecular flexibility index (Phi) is 2.03. The normalized spacial score (nSPS) is 42.9. The highest BCUT2D eigenvalue weighted by atomic mass is 14.7. The maximum Gasteiger partial charge on any atom is 0.0536 e. The van der Waals surface area contributed by atoms with Crippen molar-refractivity contribution in [3.63, 3.8) is 0 Å². The minimum absolute atomic E-state index is 0.741. The van der Waals surface area contributed by atoms with Crippen molar-refractivity contribution in [2.75, 3.05) is 5.73 Å². The van der Waals surface area contributed by atoms with Gasteiger partial charge in [0.05, 0.1) is 11.9 Å². The fourth-order valence-corrected chi connectivity index (χ4v) is 5.15. The summed E-state index contributed by atoms with van der Waals surface area (Å²) in [5.41, 5.74) is 8.46. The van der Waals surface area contributed by atoms with E-state index in [-0.39, 0.29) is 0 Å². The fourth-order valence-electron chi connectivity index (χ4n) is 5.15. The topological polar surface area (TPSA) is 38.9 Å². The second kappa shape index (κ2) is 3.47. The van der Waals surface area contributed by atoms with Gasteiger partial charge in [0.15, 0.2) is 0 Å². The highest BCUT2D eigenvalue weighted by Gasteiger charge is 2.48. The number of hydrogen-bond donors (Lipinski definition) is 1. The Labute approximate surface area is 103 Å². The molecule has 0 aromatic carbocycles. The van der Waals surface area contributed by atoms with Crippen LogP contribution in [0.2, 0.25) is 0 Å². The molecule has 90 valence electrons. The number of aromatic nitrogens is 1. The first-order valence-corrected chi connectivity index (χ1v) is 7.00. The number of nitrogen functional groups attached to an aromatic ring is 1. The van der Waals surface area contributed by atoms with E-state index in [0.29, 0.717) is 0 Å². The van der Waals surface area contributed by atoms with Crippen molar-refractivity contribution in [1.82, 2.24) is 4.98 Å². The third-order valence-corrected chi connectivity index (χ3v) is 5.47. The summed E-state index contributed by atoms with van der Waals surface area (Å²) < 4.78 is 0. The molecule has 1 heterocycles. The van der Waals surface area contributed by atoms with Crippen LogP contribution in [0.1, 0.15) is 43.6 Å². The lowest BCUT2D eigenvalue weighted by Gasteiger charge is -2.54. The molecule has 1 aromatic heterocycles. The molecule has 17 heavy (non-hydrogen) atoms. The monoisotopic (exact) mass is 228 g/mol. The van der Waals surface area contributed by atoms with Crippen LogP contribution in [-0.4, -0.2) is 4.98 Å². The van der Waals surface area contributed by atoms with Gasteiger partial charge in [-0.05, 0) is 73.3 Å². The first-order valence-electron chi connectivity index (χ1n) is 7.00. The molecule has 4 fully saturated rings. The van der Waals surface area contributed by atoms with Crippen molar-refractivity contribution in [1.29, 1.82) is 0 Å². The van der Waals surface area contributed by atoms with Crippen molar-refractivity contribution < 1.29 is 0 Å². The zero-order chi connectivity index (χ0) is 11.4. The molecule has 0 radical (unpaired) electrons. The molecule has 0 aliphatic heterocycles. The molecule has 2 N–H and O–H groups in total. The summed E-state index contributed by atoms with van der Waals surface area (Å²) >= 11 is 0. The number of rotatable bonds is 1. The van der Waals surface area contributed by atoms with E-state index in [9.17, 15) is 0 Å². The molecule has 2 heteroatoms. The van der Waals surface area contributed by atoms with Crippen molar-refractivity contribution in [2.45, 2.75) is 38.0 Å². The molecule has 0 unspecified atom stereocenters. The molecule has 0 amide bonds. The Morgan fingerprint density at radius 1 is 1.00 bits per heavy atom. The Hall–Kier alpha value is -1.05. The minimum Gasteiger partial charge on any atom is -0.397 e. The third-order valence-electron chi connectivity index (χ3n) is 5.47. The van der Waals surface area contributed by atoms with E-state index in [0.717, 1.165) is 35.3 Å². The zero-order valence-electron chi connectivity index (χ0n) is 10.2. The van der Waals surface area contributed by atoms with Crippen molar-refractivity contribution in [2.24, 2.45) is 23.7 Å². The predicted octanol–water partition coefficient (Wildman–Crippen LogP) is 3.20. The fraction of sp³-hybridized carbons (Fsp3) is 0.667. The SMILES string of the molecule is Nc1cnccc1C1C2CC3CC(C2)CC1C3. The van der Waals surface area contributed by atoms with Crippen LogP contribution in [0.25, 0.3) is 0 Å². The Balaban J connectivity index is 1.73. The van der Waals surface area contributed by atoms with Crippen LogP contribution < -0.4 is 5.73 Å². The van der Waals surface area contributed by atoms with E-state index in [1.165, 1.54) is 37.7 Å². The molecule has 1 aromatic rings. The maximum atomic E-state index is 6.14. The first-order chi connectivity index (χ1) is 8.31. The smallest absolute Gasteiger partial charge is 0.0536 e. The zero-order valence-corrected chi connectivity index (χ0v) is 10.2. The van der Waals surface area contributed by atoms with E-state index in [1.807, 2.05) is 12.4 Å². The average molecular weight is 228 g/mol. The van der Waals surface area contributed by atoms with Crippen LogP contribution in [0.4, 0.5) is 5.69 Å². The summed E-state index contributed by atoms with van der Waals surface area (Å²) in [4.78, 5) is 4.13. The van der Waals surface area contributed by atoms with Gasteiger partial charge in [-0.2, -0.15) is 0 Å². The van der Waals surface area contributed by atoms with Crippen molar-refractivity contribution in [3.8, 4) is 0 Å². The van der Waals surface area contributed by atoms with Crippen LogP contribution in [-0.2, 0) is 0 Å². The maximum absolute atomic E-state index is 6.14. The first kappa shape index (κ1) is 9.93. The van der Waals surface area contributed by atoms with Crippen molar-refractivity contribution >= 4 is 5.69 Å². The second-order valence-corrected chi connectivity index (χ2v) is 6.46. The highest BCUT2D eigenvalue weighted by molar-refractivity contribution is 5.47. The average Bonchev–Trinajstić information content (AvgIpc) is 2.30. The van der Waals surface area contributed by atoms with Gasteiger partial charge in [-0.1, -0.05) is 0 Å². The molecule has 5 rings (SSSR count). The molecule has 0 atom stereocenters. The molecule has 4 bridgehead atoms. The van der Waals surface area contributed by atoms with Gasteiger partial charge < -0.3 is 5.73 Å². The summed E-state index contributed by atoms with van der Waals surface area (Å²) in [7, 11) is 0. The van der Waals surface area contributed by atoms with Crippen molar-refractivity contribution in [3.05, 3.63) is 24.0 Å². The van der Waals surface area contributed by atoms with Crippen LogP contribution in [0.3, 0.4) is 0 Å².